The molecule has 0 fully saturated rings. The van der Waals surface area contributed by atoms with Gasteiger partial charge in [0.1, 0.15) is 11.4 Å². The van der Waals surface area contributed by atoms with Crippen LogP contribution in [0.3, 0.4) is 0 Å². The van der Waals surface area contributed by atoms with Crippen molar-refractivity contribution in [2.75, 3.05) is 6.54 Å². The van der Waals surface area contributed by atoms with E-state index in [-0.39, 0.29) is 5.76 Å². The molecule has 3 rings (SSSR count). The number of aliphatic hydroxyl groups excluding tert-OH is 1. The smallest absolute Gasteiger partial charge is 0.418 e. The Morgan fingerprint density at radius 1 is 1.12 bits per heavy atom. The summed E-state index contributed by atoms with van der Waals surface area (Å²) in [7, 11) is 0. The maximum atomic E-state index is 12.2. The molecular formula is C20H24N2O3. The first-order chi connectivity index (χ1) is 11.8. The molecule has 1 amide bonds. The zero-order valence-electron chi connectivity index (χ0n) is 14.9. The predicted octanol–water partition coefficient (Wildman–Crippen LogP) is 4.09. The third-order valence-corrected chi connectivity index (χ3v) is 4.12. The summed E-state index contributed by atoms with van der Waals surface area (Å²) in [6.45, 7) is 7.02. The van der Waals surface area contributed by atoms with Crippen LogP contribution < -0.4 is 0 Å². The number of carbonyl (C=O) groups is 1. The highest BCUT2D eigenvalue weighted by atomic mass is 16.6. The molecule has 0 unspecified atom stereocenters. The second kappa shape index (κ2) is 6.67. The molecule has 1 N–H and O–H groups in total. The topological polar surface area (TPSA) is 53.0 Å². The second-order valence-corrected chi connectivity index (χ2v) is 7.23. The molecule has 0 saturated heterocycles. The third kappa shape index (κ3) is 4.05. The van der Waals surface area contributed by atoms with Crippen molar-refractivity contribution < 1.29 is 14.6 Å². The van der Waals surface area contributed by atoms with Gasteiger partial charge in [-0.15, -0.1) is 0 Å². The highest BCUT2D eigenvalue weighted by Gasteiger charge is 2.23. The van der Waals surface area contributed by atoms with E-state index in [9.17, 15) is 9.90 Å². The van der Waals surface area contributed by atoms with Crippen molar-refractivity contribution in [3.05, 3.63) is 71.4 Å². The summed E-state index contributed by atoms with van der Waals surface area (Å²) in [5.74, 6) is 0.140. The van der Waals surface area contributed by atoms with Crippen LogP contribution in [-0.4, -0.2) is 33.1 Å². The van der Waals surface area contributed by atoms with Crippen molar-refractivity contribution in [2.45, 2.75) is 39.3 Å². The summed E-state index contributed by atoms with van der Waals surface area (Å²) >= 11 is 0. The van der Waals surface area contributed by atoms with Crippen LogP contribution >= 0.6 is 0 Å². The Kier molecular flexibility index (Phi) is 4.57. The van der Waals surface area contributed by atoms with Crippen LogP contribution in [0.1, 0.15) is 31.9 Å². The van der Waals surface area contributed by atoms with E-state index in [0.29, 0.717) is 5.70 Å². The SMILES string of the molecule is CC(C)(C)OC(=O)N1C=CC(O)=C(N2CCc3ccccc3C2)C=C1. The normalized spacial score (nSPS) is 17.4. The first-order valence-corrected chi connectivity index (χ1v) is 8.46. The molecule has 132 valence electrons. The van der Waals surface area contributed by atoms with Gasteiger partial charge in [0.05, 0.1) is 5.70 Å². The summed E-state index contributed by atoms with van der Waals surface area (Å²) in [6, 6.07) is 8.35. The minimum absolute atomic E-state index is 0.140. The lowest BCUT2D eigenvalue weighted by atomic mass is 9.99. The summed E-state index contributed by atoms with van der Waals surface area (Å²) in [5.41, 5.74) is 2.75. The third-order valence-electron chi connectivity index (χ3n) is 4.12. The van der Waals surface area contributed by atoms with Gasteiger partial charge in [0.15, 0.2) is 0 Å². The number of rotatable bonds is 1. The predicted molar refractivity (Wildman–Crippen MR) is 96.6 cm³/mol. The molecule has 5 nitrogen and oxygen atoms in total. The second-order valence-electron chi connectivity index (χ2n) is 7.23. The summed E-state index contributed by atoms with van der Waals surface area (Å²) in [5, 5.41) is 10.4. The van der Waals surface area contributed by atoms with Crippen molar-refractivity contribution in [3.63, 3.8) is 0 Å². The molecule has 0 aliphatic carbocycles. The minimum Gasteiger partial charge on any atom is -0.506 e. The Hall–Kier alpha value is -2.69. The number of carbonyl (C=O) groups excluding carboxylic acids is 1. The Bertz CT molecular complexity index is 756. The number of benzene rings is 1. The van der Waals surface area contributed by atoms with Crippen LogP contribution in [0.5, 0.6) is 0 Å². The fourth-order valence-electron chi connectivity index (χ4n) is 2.93. The number of amides is 1. The highest BCUT2D eigenvalue weighted by Crippen LogP contribution is 2.25. The van der Waals surface area contributed by atoms with E-state index >= 15 is 0 Å². The van der Waals surface area contributed by atoms with Gasteiger partial charge in [0, 0.05) is 25.5 Å². The number of aliphatic hydroxyl groups is 1. The number of fused-ring (bicyclic) bond motifs is 1. The Balaban J connectivity index is 1.77. The molecule has 0 radical (unpaired) electrons. The maximum absolute atomic E-state index is 12.2. The number of ether oxygens (including phenoxy) is 1. The molecule has 25 heavy (non-hydrogen) atoms. The molecule has 5 heteroatoms. The number of nitrogens with zero attached hydrogens (tertiary/aromatic N) is 2. The summed E-state index contributed by atoms with van der Waals surface area (Å²) in [4.78, 5) is 15.7. The zero-order valence-corrected chi connectivity index (χ0v) is 14.9. The van der Waals surface area contributed by atoms with Crippen LogP contribution in [0.4, 0.5) is 4.79 Å². The average Bonchev–Trinajstić information content (AvgIpc) is 2.75. The monoisotopic (exact) mass is 340 g/mol. The molecule has 0 aromatic heterocycles. The van der Waals surface area contributed by atoms with Crippen LogP contribution in [0.15, 0.2) is 60.3 Å². The van der Waals surface area contributed by atoms with Crippen LogP contribution in [0.2, 0.25) is 0 Å². The van der Waals surface area contributed by atoms with Crippen molar-refractivity contribution in [3.8, 4) is 0 Å². The first-order valence-electron chi connectivity index (χ1n) is 8.46. The van der Waals surface area contributed by atoms with Gasteiger partial charge >= 0.3 is 6.09 Å². The van der Waals surface area contributed by atoms with E-state index in [1.54, 1.807) is 12.3 Å². The van der Waals surface area contributed by atoms with Crippen molar-refractivity contribution >= 4 is 6.09 Å². The molecule has 2 aliphatic heterocycles. The van der Waals surface area contributed by atoms with E-state index in [4.69, 9.17) is 4.74 Å². The molecule has 1 aromatic carbocycles. The molecule has 2 heterocycles. The van der Waals surface area contributed by atoms with Gasteiger partial charge < -0.3 is 14.7 Å². The first kappa shape index (κ1) is 17.1. The lowest BCUT2D eigenvalue weighted by Gasteiger charge is -2.31. The van der Waals surface area contributed by atoms with E-state index in [1.165, 1.54) is 28.3 Å². The minimum atomic E-state index is -0.569. The molecule has 2 aliphatic rings. The molecule has 0 spiro atoms. The van der Waals surface area contributed by atoms with E-state index in [1.807, 2.05) is 26.8 Å². The summed E-state index contributed by atoms with van der Waals surface area (Å²) < 4.78 is 5.37. The largest absolute Gasteiger partial charge is 0.506 e. The van der Waals surface area contributed by atoms with E-state index in [2.05, 4.69) is 23.1 Å². The van der Waals surface area contributed by atoms with Crippen molar-refractivity contribution in [2.24, 2.45) is 0 Å². The Morgan fingerprint density at radius 2 is 1.80 bits per heavy atom. The molecule has 0 atom stereocenters. The lowest BCUT2D eigenvalue weighted by Crippen LogP contribution is -2.31. The lowest BCUT2D eigenvalue weighted by molar-refractivity contribution is 0.0400. The molecule has 1 aromatic rings. The fraction of sp³-hybridized carbons (Fsp3) is 0.350. The van der Waals surface area contributed by atoms with Crippen LogP contribution in [-0.2, 0) is 17.7 Å². The van der Waals surface area contributed by atoms with E-state index < -0.39 is 11.7 Å². The van der Waals surface area contributed by atoms with Gasteiger partial charge in [0.25, 0.3) is 0 Å². The number of hydrogen-bond acceptors (Lipinski definition) is 4. The number of hydrogen-bond donors (Lipinski definition) is 1. The van der Waals surface area contributed by atoms with E-state index in [0.717, 1.165) is 19.5 Å². The highest BCUT2D eigenvalue weighted by molar-refractivity contribution is 5.71. The van der Waals surface area contributed by atoms with Crippen LogP contribution in [0, 0.1) is 0 Å². The molecule has 0 bridgehead atoms. The standard InChI is InChI=1S/C20H24N2O3/c1-20(2,3)25-19(24)21-12-9-17(18(23)10-13-21)22-11-8-15-6-4-5-7-16(15)14-22/h4-7,9-10,12-13,23H,8,11,14H2,1-3H3. The molecule has 0 saturated carbocycles. The van der Waals surface area contributed by atoms with Gasteiger partial charge in [-0.05, 0) is 50.5 Å². The Labute approximate surface area is 148 Å². The maximum Gasteiger partial charge on any atom is 0.418 e. The van der Waals surface area contributed by atoms with Gasteiger partial charge in [-0.3, -0.25) is 4.90 Å². The van der Waals surface area contributed by atoms with Gasteiger partial charge in [-0.2, -0.15) is 0 Å². The summed E-state index contributed by atoms with van der Waals surface area (Å²) in [6.07, 6.45) is 6.89. The number of allylic oxidation sites excluding steroid dienone is 2. The fourth-order valence-corrected chi connectivity index (χ4v) is 2.93. The van der Waals surface area contributed by atoms with Crippen molar-refractivity contribution in [1.82, 2.24) is 9.80 Å². The van der Waals surface area contributed by atoms with Gasteiger partial charge in [-0.1, -0.05) is 24.3 Å². The Morgan fingerprint density at radius 3 is 2.52 bits per heavy atom. The zero-order chi connectivity index (χ0) is 18.0. The van der Waals surface area contributed by atoms with Crippen molar-refractivity contribution in [1.29, 1.82) is 0 Å². The van der Waals surface area contributed by atoms with Crippen LogP contribution in [0.25, 0.3) is 0 Å². The van der Waals surface area contributed by atoms with Gasteiger partial charge in [0.2, 0.25) is 0 Å². The quantitative estimate of drug-likeness (QED) is 0.836. The van der Waals surface area contributed by atoms with Gasteiger partial charge in [-0.25, -0.2) is 4.79 Å². The molecular weight excluding hydrogens is 316 g/mol. The average molecular weight is 340 g/mol.